The van der Waals surface area contributed by atoms with Gasteiger partial charge in [-0.25, -0.2) is 18.2 Å². The molecule has 0 saturated heterocycles. The number of aromatic nitrogens is 2. The summed E-state index contributed by atoms with van der Waals surface area (Å²) in [6, 6.07) is 6.39. The van der Waals surface area contributed by atoms with Crippen LogP contribution in [0.25, 0.3) is 33.3 Å². The molecule has 1 unspecified atom stereocenters. The van der Waals surface area contributed by atoms with Crippen molar-refractivity contribution >= 4 is 22.7 Å². The number of carboxylic acids is 1. The molecule has 2 bridgehead atoms. The number of hydrogen-bond donors (Lipinski definition) is 3. The molecule has 3 aliphatic rings. The number of carboxylic acid groups (broad SMARTS) is 1. The van der Waals surface area contributed by atoms with Crippen molar-refractivity contribution in [2.24, 2.45) is 17.8 Å². The molecule has 3 aliphatic carbocycles. The zero-order chi connectivity index (χ0) is 29.9. The topological polar surface area (TPSA) is 102 Å². The smallest absolute Gasteiger partial charge is 0.416 e. The van der Waals surface area contributed by atoms with Gasteiger partial charge in [0.15, 0.2) is 11.6 Å². The Bertz CT molecular complexity index is 1750. The van der Waals surface area contributed by atoms with Crippen molar-refractivity contribution in [1.29, 1.82) is 5.26 Å². The van der Waals surface area contributed by atoms with Crippen molar-refractivity contribution in [2.45, 2.75) is 37.9 Å². The van der Waals surface area contributed by atoms with Gasteiger partial charge in [0.2, 0.25) is 0 Å². The van der Waals surface area contributed by atoms with Crippen LogP contribution in [0.4, 0.5) is 32.2 Å². The fraction of sp³-hybridized carbons (Fsp3) is 0.300. The van der Waals surface area contributed by atoms with Gasteiger partial charge in [0, 0.05) is 34.8 Å². The molecule has 2 aromatic heterocycles. The van der Waals surface area contributed by atoms with Gasteiger partial charge in [-0.3, -0.25) is 4.79 Å². The lowest BCUT2D eigenvalue weighted by molar-refractivity contribution is -0.148. The predicted octanol–water partition coefficient (Wildman–Crippen LogP) is 7.51. The van der Waals surface area contributed by atoms with Gasteiger partial charge in [-0.15, -0.1) is 0 Å². The average Bonchev–Trinajstić information content (AvgIpc) is 3.37. The summed E-state index contributed by atoms with van der Waals surface area (Å²) in [5.74, 6) is -5.38. The number of nitrogens with one attached hydrogen (secondary N) is 2. The van der Waals surface area contributed by atoms with Crippen LogP contribution in [0.2, 0.25) is 0 Å². The highest BCUT2D eigenvalue weighted by Gasteiger charge is 2.48. The van der Waals surface area contributed by atoms with Crippen molar-refractivity contribution in [3.8, 4) is 28.5 Å². The number of carbonyl (C=O) groups is 1. The number of pyridine rings is 1. The van der Waals surface area contributed by atoms with Crippen LogP contribution in [-0.4, -0.2) is 27.1 Å². The molecule has 3 saturated carbocycles. The minimum Gasteiger partial charge on any atom is -0.481 e. The second kappa shape index (κ2) is 10.1. The Kier molecular flexibility index (Phi) is 6.63. The average molecular weight is 585 g/mol. The summed E-state index contributed by atoms with van der Waals surface area (Å²) < 4.78 is 84.9. The molecule has 3 fully saturated rings. The van der Waals surface area contributed by atoms with E-state index in [4.69, 9.17) is 0 Å². The van der Waals surface area contributed by atoms with Gasteiger partial charge in [0.1, 0.15) is 17.7 Å². The Morgan fingerprint density at radius 1 is 1.05 bits per heavy atom. The molecule has 2 heterocycles. The van der Waals surface area contributed by atoms with Crippen molar-refractivity contribution in [2.75, 3.05) is 5.32 Å². The maximum absolute atomic E-state index is 16.4. The van der Waals surface area contributed by atoms with Gasteiger partial charge in [0.05, 0.1) is 28.3 Å². The van der Waals surface area contributed by atoms with Crippen LogP contribution in [0.15, 0.2) is 42.6 Å². The number of alkyl halides is 3. The number of benzene rings is 2. The van der Waals surface area contributed by atoms with Crippen molar-refractivity contribution in [1.82, 2.24) is 9.97 Å². The van der Waals surface area contributed by atoms with Crippen molar-refractivity contribution < 1.29 is 36.2 Å². The summed E-state index contributed by atoms with van der Waals surface area (Å²) in [5.41, 5.74) is -2.02. The fourth-order valence-electron chi connectivity index (χ4n) is 6.58. The van der Waals surface area contributed by atoms with E-state index in [0.717, 1.165) is 56.0 Å². The number of rotatable bonds is 5. The first-order chi connectivity index (χ1) is 20.0. The molecule has 0 spiro atoms. The lowest BCUT2D eigenvalue weighted by atomic mass is 9.61. The molecular weight excluding hydrogens is 562 g/mol. The Labute approximate surface area is 235 Å². The standard InChI is InChI=1S/C30H22F6N4O2/c31-17-9-18-20(12-38-27(18)21(32)10-17)26-19(11-37)22(13-5-7-16(8-6-13)30(34,35)36)24(33)28(40-26)39-25-15-3-1-14(2-4-15)23(25)29(41)42/h5-10,12,14-15,23,25,38H,1-4H2,(H,39,40)(H,41,42)/t14?,15?,23-,25?/m1/s1. The summed E-state index contributed by atoms with van der Waals surface area (Å²) in [7, 11) is 0. The molecule has 12 heteroatoms. The monoisotopic (exact) mass is 584 g/mol. The molecule has 0 aliphatic heterocycles. The Morgan fingerprint density at radius 3 is 2.33 bits per heavy atom. The summed E-state index contributed by atoms with van der Waals surface area (Å²) in [5, 5.41) is 23.1. The van der Waals surface area contributed by atoms with Crippen LogP contribution >= 0.6 is 0 Å². The number of H-pyrrole nitrogens is 1. The van der Waals surface area contributed by atoms with E-state index in [0.29, 0.717) is 6.07 Å². The highest BCUT2D eigenvalue weighted by Crippen LogP contribution is 2.47. The highest BCUT2D eigenvalue weighted by molar-refractivity contribution is 5.98. The van der Waals surface area contributed by atoms with Crippen molar-refractivity contribution in [3.63, 3.8) is 0 Å². The van der Waals surface area contributed by atoms with Crippen LogP contribution in [-0.2, 0) is 11.0 Å². The third-order valence-corrected chi connectivity index (χ3v) is 8.52. The summed E-state index contributed by atoms with van der Waals surface area (Å²) >= 11 is 0. The van der Waals surface area contributed by atoms with E-state index in [1.807, 2.05) is 6.07 Å². The normalized spacial score (nSPS) is 21.8. The number of aromatic amines is 1. The fourth-order valence-corrected chi connectivity index (χ4v) is 6.58. The minimum atomic E-state index is -4.66. The third kappa shape index (κ3) is 4.53. The van der Waals surface area contributed by atoms with Gasteiger partial charge in [0.25, 0.3) is 0 Å². The van der Waals surface area contributed by atoms with E-state index in [-0.39, 0.29) is 50.7 Å². The SMILES string of the molecule is N#Cc1c(-c2c[nH]c3c(F)cc(F)cc23)nc(NC2C3CCC(CC3)[C@H]2C(=O)O)c(F)c1-c1ccc(C(F)(F)F)cc1. The molecule has 0 amide bonds. The Balaban J connectivity index is 1.58. The molecule has 3 N–H and O–H groups in total. The molecule has 7 rings (SSSR count). The number of nitrogens with zero attached hydrogens (tertiary/aromatic N) is 2. The lowest BCUT2D eigenvalue weighted by Gasteiger charge is -2.47. The van der Waals surface area contributed by atoms with E-state index >= 15 is 4.39 Å². The van der Waals surface area contributed by atoms with Crippen molar-refractivity contribution in [3.05, 3.63) is 71.2 Å². The molecule has 4 aromatic rings. The zero-order valence-electron chi connectivity index (χ0n) is 21.7. The number of anilines is 1. The molecule has 216 valence electrons. The second-order valence-electron chi connectivity index (χ2n) is 10.8. The predicted molar refractivity (Wildman–Crippen MR) is 141 cm³/mol. The van der Waals surface area contributed by atoms with Gasteiger partial charge in [-0.2, -0.15) is 18.4 Å². The second-order valence-corrected chi connectivity index (χ2v) is 10.8. The van der Waals surface area contributed by atoms with Crippen LogP contribution in [0.1, 0.15) is 36.8 Å². The number of hydrogen-bond acceptors (Lipinski definition) is 4. The lowest BCUT2D eigenvalue weighted by Crippen LogP contribution is -2.51. The molecular formula is C30H22F6N4O2. The first-order valence-corrected chi connectivity index (χ1v) is 13.2. The zero-order valence-corrected chi connectivity index (χ0v) is 21.7. The first-order valence-electron chi connectivity index (χ1n) is 13.2. The number of halogens is 6. The van der Waals surface area contributed by atoms with Gasteiger partial charge in [-0.05, 0) is 61.3 Å². The van der Waals surface area contributed by atoms with Crippen LogP contribution in [0, 0.1) is 46.5 Å². The van der Waals surface area contributed by atoms with E-state index in [9.17, 15) is 37.1 Å². The van der Waals surface area contributed by atoms with E-state index in [1.54, 1.807) is 0 Å². The molecule has 2 aromatic carbocycles. The van der Waals surface area contributed by atoms with E-state index < -0.39 is 52.9 Å². The molecule has 42 heavy (non-hydrogen) atoms. The van der Waals surface area contributed by atoms with Crippen LogP contribution in [0.3, 0.4) is 0 Å². The maximum atomic E-state index is 16.4. The Hall–Kier alpha value is -4.53. The van der Waals surface area contributed by atoms with Gasteiger partial charge in [-0.1, -0.05) is 12.1 Å². The maximum Gasteiger partial charge on any atom is 0.416 e. The minimum absolute atomic E-state index is 0.00700. The number of nitriles is 1. The molecule has 0 radical (unpaired) electrons. The van der Waals surface area contributed by atoms with Crippen LogP contribution in [0.5, 0.6) is 0 Å². The van der Waals surface area contributed by atoms with Crippen LogP contribution < -0.4 is 5.32 Å². The third-order valence-electron chi connectivity index (χ3n) is 8.52. The summed E-state index contributed by atoms with van der Waals surface area (Å²) in [6.45, 7) is 0. The molecule has 2 atom stereocenters. The summed E-state index contributed by atoms with van der Waals surface area (Å²) in [6.07, 6.45) is -0.491. The van der Waals surface area contributed by atoms with E-state index in [2.05, 4.69) is 15.3 Å². The largest absolute Gasteiger partial charge is 0.481 e. The van der Waals surface area contributed by atoms with Gasteiger partial charge >= 0.3 is 12.1 Å². The summed E-state index contributed by atoms with van der Waals surface area (Å²) in [4.78, 5) is 19.3. The first kappa shape index (κ1) is 27.6. The van der Waals surface area contributed by atoms with E-state index in [1.165, 1.54) is 6.20 Å². The quantitative estimate of drug-likeness (QED) is 0.211. The number of fused-ring (bicyclic) bond motifs is 4. The van der Waals surface area contributed by atoms with Gasteiger partial charge < -0.3 is 15.4 Å². The Morgan fingerprint density at radius 2 is 1.71 bits per heavy atom. The number of aliphatic carboxylic acids is 1. The molecule has 6 nitrogen and oxygen atoms in total. The highest BCUT2D eigenvalue weighted by atomic mass is 19.4.